The molecule has 220 valence electrons. The van der Waals surface area contributed by atoms with Crippen LogP contribution in [0.4, 0.5) is 22.7 Å². The van der Waals surface area contributed by atoms with Crippen molar-refractivity contribution in [1.29, 1.82) is 0 Å². The molecular weight excluding hydrogens is 560 g/mol. The molecule has 0 atom stereocenters. The second-order valence-electron chi connectivity index (χ2n) is 9.93. The average molecular weight is 589 g/mol. The third kappa shape index (κ3) is 6.93. The van der Waals surface area contributed by atoms with Crippen molar-refractivity contribution in [2.75, 3.05) is 22.9 Å². The highest BCUT2D eigenvalue weighted by Crippen LogP contribution is 2.34. The Bertz CT molecular complexity index is 1640. The fraction of sp³-hybridized carbons (Fsp3) is 0.118. The van der Waals surface area contributed by atoms with Crippen LogP contribution in [0.3, 0.4) is 0 Å². The molecule has 4 aromatic rings. The van der Waals surface area contributed by atoms with Crippen LogP contribution in [-0.4, -0.2) is 58.5 Å². The van der Waals surface area contributed by atoms with Gasteiger partial charge in [0.05, 0.1) is 47.0 Å². The maximum Gasteiger partial charge on any atom is 0.323 e. The zero-order chi connectivity index (χ0) is 31.1. The molecule has 0 bridgehead atoms. The lowest BCUT2D eigenvalue weighted by Crippen LogP contribution is -2.36. The van der Waals surface area contributed by atoms with E-state index in [1.54, 1.807) is 36.4 Å². The summed E-state index contributed by atoms with van der Waals surface area (Å²) in [6, 6.07) is 33.1. The number of rotatable bonds is 6. The molecule has 0 saturated heterocycles. The summed E-state index contributed by atoms with van der Waals surface area (Å²) in [7, 11) is 0. The van der Waals surface area contributed by atoms with Crippen molar-refractivity contribution in [3.05, 3.63) is 120 Å². The van der Waals surface area contributed by atoms with Crippen LogP contribution in [0.1, 0.15) is 24.0 Å². The van der Waals surface area contributed by atoms with Gasteiger partial charge in [0.2, 0.25) is 11.8 Å². The number of para-hydroxylation sites is 4. The van der Waals surface area contributed by atoms with Crippen LogP contribution < -0.4 is 9.80 Å². The number of hydrogen-bond acceptors (Lipinski definition) is 6. The normalized spacial score (nSPS) is 14.1. The summed E-state index contributed by atoms with van der Waals surface area (Å²) in [4.78, 5) is 58.8. The molecule has 4 aromatic carbocycles. The van der Waals surface area contributed by atoms with Crippen molar-refractivity contribution in [2.24, 2.45) is 9.98 Å². The largest absolute Gasteiger partial charge is 0.480 e. The van der Waals surface area contributed by atoms with Gasteiger partial charge in [-0.25, -0.2) is 0 Å². The Labute approximate surface area is 253 Å². The number of carbonyl (C=O) groups excluding carboxylic acids is 2. The Kier molecular flexibility index (Phi) is 9.00. The van der Waals surface area contributed by atoms with Gasteiger partial charge in [-0.1, -0.05) is 84.9 Å². The van der Waals surface area contributed by atoms with Gasteiger partial charge < -0.3 is 10.2 Å². The summed E-state index contributed by atoms with van der Waals surface area (Å²) in [5.74, 6) is -2.64. The van der Waals surface area contributed by atoms with E-state index in [0.717, 1.165) is 11.1 Å². The number of carbonyl (C=O) groups is 4. The van der Waals surface area contributed by atoms with Crippen molar-refractivity contribution in [2.45, 2.75) is 12.8 Å². The fourth-order valence-corrected chi connectivity index (χ4v) is 4.90. The first kappa shape index (κ1) is 29.6. The lowest BCUT2D eigenvalue weighted by molar-refractivity contribution is -0.137. The number of benzene rings is 4. The maximum absolute atomic E-state index is 12.5. The maximum atomic E-state index is 12.5. The highest BCUT2D eigenvalue weighted by Gasteiger charge is 2.27. The van der Waals surface area contributed by atoms with E-state index in [0.29, 0.717) is 34.2 Å². The molecule has 0 saturated carbocycles. The molecule has 0 spiro atoms. The van der Waals surface area contributed by atoms with E-state index in [4.69, 9.17) is 10.2 Å². The Morgan fingerprint density at radius 2 is 0.886 bits per heavy atom. The van der Waals surface area contributed by atoms with Crippen LogP contribution >= 0.6 is 0 Å². The Morgan fingerprint density at radius 3 is 1.25 bits per heavy atom. The molecule has 0 radical (unpaired) electrons. The molecule has 0 aliphatic carbocycles. The molecule has 6 rings (SSSR count). The molecule has 0 aromatic heterocycles. The first-order valence-corrected chi connectivity index (χ1v) is 13.8. The van der Waals surface area contributed by atoms with Crippen molar-refractivity contribution in [3.63, 3.8) is 0 Å². The number of nitrogens with zero attached hydrogens (tertiary/aromatic N) is 4. The average Bonchev–Trinajstić information content (AvgIpc) is 3.25. The summed E-state index contributed by atoms with van der Waals surface area (Å²) in [6.07, 6.45) is 0.151. The van der Waals surface area contributed by atoms with Crippen LogP contribution in [0.15, 0.2) is 119 Å². The Hall–Kier alpha value is -5.90. The number of carboxylic acid groups (broad SMARTS) is 2. The Balaban J connectivity index is 0.000000175. The third-order valence-corrected chi connectivity index (χ3v) is 6.90. The van der Waals surface area contributed by atoms with Crippen molar-refractivity contribution >= 4 is 57.9 Å². The number of amides is 2. The van der Waals surface area contributed by atoms with Gasteiger partial charge in [0.15, 0.2) is 0 Å². The van der Waals surface area contributed by atoms with Gasteiger partial charge in [-0.15, -0.1) is 0 Å². The quantitative estimate of drug-likeness (QED) is 0.315. The third-order valence-electron chi connectivity index (χ3n) is 6.90. The topological polar surface area (TPSA) is 140 Å². The van der Waals surface area contributed by atoms with Crippen molar-refractivity contribution in [1.82, 2.24) is 0 Å². The number of carboxylic acids is 2. The molecule has 2 aliphatic heterocycles. The summed E-state index contributed by atoms with van der Waals surface area (Å²) < 4.78 is 0. The second-order valence-corrected chi connectivity index (χ2v) is 9.93. The number of aliphatic imine (C=N–C) groups is 2. The molecule has 10 heteroatoms. The lowest BCUT2D eigenvalue weighted by Gasteiger charge is -2.20. The van der Waals surface area contributed by atoms with Gasteiger partial charge in [-0.3, -0.25) is 39.0 Å². The van der Waals surface area contributed by atoms with E-state index in [2.05, 4.69) is 9.98 Å². The zero-order valence-electron chi connectivity index (χ0n) is 23.5. The first-order chi connectivity index (χ1) is 21.3. The SMILES string of the molecule is O=C(O)CN1C(=O)CC(c2ccccc2)=Nc2ccccc21.O=C(O)CN1C(=O)CC(c2ccccc2)=Nc2ccccc21. The Morgan fingerprint density at radius 1 is 0.545 bits per heavy atom. The summed E-state index contributed by atoms with van der Waals surface area (Å²) >= 11 is 0. The molecular formula is C34H28N4O6. The monoisotopic (exact) mass is 588 g/mol. The lowest BCUT2D eigenvalue weighted by atomic mass is 10.1. The summed E-state index contributed by atoms with van der Waals surface area (Å²) in [6.45, 7) is -0.735. The minimum Gasteiger partial charge on any atom is -0.480 e. The van der Waals surface area contributed by atoms with Gasteiger partial charge in [-0.05, 0) is 35.4 Å². The predicted molar refractivity (Wildman–Crippen MR) is 167 cm³/mol. The molecule has 0 unspecified atom stereocenters. The van der Waals surface area contributed by atoms with E-state index < -0.39 is 11.9 Å². The van der Waals surface area contributed by atoms with Gasteiger partial charge in [0.1, 0.15) is 13.1 Å². The number of anilines is 2. The van der Waals surface area contributed by atoms with E-state index in [1.807, 2.05) is 72.8 Å². The molecule has 2 heterocycles. The second kappa shape index (κ2) is 13.4. The molecule has 0 fully saturated rings. The van der Waals surface area contributed by atoms with E-state index in [9.17, 15) is 19.2 Å². The van der Waals surface area contributed by atoms with Gasteiger partial charge in [0, 0.05) is 0 Å². The molecule has 2 amide bonds. The van der Waals surface area contributed by atoms with Gasteiger partial charge in [0.25, 0.3) is 0 Å². The summed E-state index contributed by atoms with van der Waals surface area (Å²) in [5.41, 5.74) is 5.28. The summed E-state index contributed by atoms with van der Waals surface area (Å²) in [5, 5.41) is 18.1. The number of aliphatic carboxylic acids is 2. The van der Waals surface area contributed by atoms with Crippen LogP contribution in [0.5, 0.6) is 0 Å². The molecule has 2 aliphatic rings. The van der Waals surface area contributed by atoms with Crippen LogP contribution in [0.2, 0.25) is 0 Å². The van der Waals surface area contributed by atoms with Crippen molar-refractivity contribution < 1.29 is 29.4 Å². The minimum absolute atomic E-state index is 0.0754. The van der Waals surface area contributed by atoms with Crippen LogP contribution in [-0.2, 0) is 19.2 Å². The van der Waals surface area contributed by atoms with Crippen molar-refractivity contribution in [3.8, 4) is 0 Å². The van der Waals surface area contributed by atoms with E-state index in [1.165, 1.54) is 9.80 Å². The number of fused-ring (bicyclic) bond motifs is 2. The van der Waals surface area contributed by atoms with Gasteiger partial charge in [-0.2, -0.15) is 0 Å². The van der Waals surface area contributed by atoms with E-state index in [-0.39, 0.29) is 37.7 Å². The van der Waals surface area contributed by atoms with E-state index >= 15 is 0 Å². The molecule has 2 N–H and O–H groups in total. The first-order valence-electron chi connectivity index (χ1n) is 13.8. The fourth-order valence-electron chi connectivity index (χ4n) is 4.90. The van der Waals surface area contributed by atoms with Crippen LogP contribution in [0.25, 0.3) is 0 Å². The zero-order valence-corrected chi connectivity index (χ0v) is 23.5. The molecule has 10 nitrogen and oxygen atoms in total. The highest BCUT2D eigenvalue weighted by atomic mass is 16.4. The van der Waals surface area contributed by atoms with Gasteiger partial charge >= 0.3 is 11.9 Å². The minimum atomic E-state index is -1.05. The van der Waals surface area contributed by atoms with Crippen LogP contribution in [0, 0.1) is 0 Å². The highest BCUT2D eigenvalue weighted by molar-refractivity contribution is 6.19. The predicted octanol–water partition coefficient (Wildman–Crippen LogP) is 5.26. The standard InChI is InChI=1S/2C17H14N2O3/c2*20-16-10-14(12-6-2-1-3-7-12)18-13-8-4-5-9-15(13)19(16)11-17(21)22/h2*1-9H,10-11H2,(H,21,22). The molecule has 44 heavy (non-hydrogen) atoms. The number of hydrogen-bond donors (Lipinski definition) is 2. The smallest absolute Gasteiger partial charge is 0.323 e.